The van der Waals surface area contributed by atoms with Crippen molar-refractivity contribution in [1.29, 1.82) is 0 Å². The standard InChI is InChI=1S/C37H43FN8O4/c1-22-17-46(26-20-50-21-26)23(2)16-45(22)25-8-9-32(40-15-25)41-30-14-24(18-42(3)36(30)48)27-10-11-39-35(29(27)19-47)44-13-12-43-31-7-5-4-6-28(31)33(38)34(43)37(44)49/h8-11,14-15,18,22-23,26,47H,4-7,12-13,16-17,19-21H2,1-3H3,(H,40,41)/t22-,23?/m0/s1. The Morgan fingerprint density at radius 1 is 1.04 bits per heavy atom. The van der Waals surface area contributed by atoms with Gasteiger partial charge in [0.05, 0.1) is 37.7 Å². The molecule has 4 aromatic rings. The van der Waals surface area contributed by atoms with Crippen LogP contribution in [0.15, 0.2) is 47.7 Å². The first-order valence-corrected chi connectivity index (χ1v) is 17.6. The Labute approximate surface area is 290 Å². The molecule has 50 heavy (non-hydrogen) atoms. The first-order valence-electron chi connectivity index (χ1n) is 17.6. The highest BCUT2D eigenvalue weighted by Crippen LogP contribution is 2.36. The van der Waals surface area contributed by atoms with Crippen LogP contribution in [0.3, 0.4) is 0 Å². The zero-order chi connectivity index (χ0) is 34.7. The highest BCUT2D eigenvalue weighted by Gasteiger charge is 2.38. The molecule has 1 unspecified atom stereocenters. The maximum Gasteiger partial charge on any atom is 0.279 e. The Kier molecular flexibility index (Phi) is 8.44. The van der Waals surface area contributed by atoms with Crippen molar-refractivity contribution >= 4 is 28.9 Å². The van der Waals surface area contributed by atoms with Gasteiger partial charge < -0.3 is 29.2 Å². The van der Waals surface area contributed by atoms with E-state index in [2.05, 4.69) is 38.9 Å². The fraction of sp³-hybridized carbons (Fsp3) is 0.459. The minimum absolute atomic E-state index is 0.0707. The van der Waals surface area contributed by atoms with E-state index in [9.17, 15) is 14.7 Å². The number of amides is 1. The number of carbonyl (C=O) groups excluding carboxylic acids is 1. The summed E-state index contributed by atoms with van der Waals surface area (Å²) < 4.78 is 24.3. The lowest BCUT2D eigenvalue weighted by atomic mass is 9.97. The first kappa shape index (κ1) is 32.6. The Hall–Kier alpha value is -4.59. The number of aliphatic hydroxyl groups is 1. The number of hydrogen-bond donors (Lipinski definition) is 2. The fourth-order valence-corrected chi connectivity index (χ4v) is 8.20. The van der Waals surface area contributed by atoms with Crippen LogP contribution in [0.25, 0.3) is 11.1 Å². The van der Waals surface area contributed by atoms with E-state index in [0.717, 1.165) is 56.9 Å². The van der Waals surface area contributed by atoms with Crippen LogP contribution in [-0.4, -0.2) is 86.0 Å². The molecule has 12 nitrogen and oxygen atoms in total. The molecule has 0 radical (unpaired) electrons. The molecule has 262 valence electrons. The Morgan fingerprint density at radius 2 is 1.86 bits per heavy atom. The van der Waals surface area contributed by atoms with Gasteiger partial charge in [-0.2, -0.15) is 0 Å². The molecule has 8 rings (SSSR count). The largest absolute Gasteiger partial charge is 0.392 e. The lowest BCUT2D eigenvalue weighted by Crippen LogP contribution is -2.63. The van der Waals surface area contributed by atoms with E-state index >= 15 is 4.39 Å². The average molecular weight is 683 g/mol. The number of piperazine rings is 1. The summed E-state index contributed by atoms with van der Waals surface area (Å²) in [6.45, 7) is 8.30. The second-order valence-electron chi connectivity index (χ2n) is 14.0. The van der Waals surface area contributed by atoms with Crippen LogP contribution in [0.1, 0.15) is 54.0 Å². The summed E-state index contributed by atoms with van der Waals surface area (Å²) in [6.07, 6.45) is 8.41. The number of aromatic nitrogens is 4. The summed E-state index contributed by atoms with van der Waals surface area (Å²) in [5, 5.41) is 13.9. The zero-order valence-corrected chi connectivity index (χ0v) is 28.7. The van der Waals surface area contributed by atoms with Crippen LogP contribution < -0.4 is 20.7 Å². The lowest BCUT2D eigenvalue weighted by molar-refractivity contribution is -0.0828. The van der Waals surface area contributed by atoms with Gasteiger partial charge in [-0.25, -0.2) is 14.4 Å². The van der Waals surface area contributed by atoms with Gasteiger partial charge in [-0.1, -0.05) is 0 Å². The number of halogens is 1. The molecule has 3 aliphatic heterocycles. The highest BCUT2D eigenvalue weighted by atomic mass is 19.1. The topological polar surface area (TPSA) is 121 Å². The van der Waals surface area contributed by atoms with Crippen molar-refractivity contribution in [3.05, 3.63) is 81.5 Å². The molecular formula is C37H43FN8O4. The predicted molar refractivity (Wildman–Crippen MR) is 189 cm³/mol. The molecular weight excluding hydrogens is 639 g/mol. The van der Waals surface area contributed by atoms with Gasteiger partial charge in [0.15, 0.2) is 5.82 Å². The summed E-state index contributed by atoms with van der Waals surface area (Å²) in [5.41, 5.74) is 4.43. The maximum absolute atomic E-state index is 15.6. The summed E-state index contributed by atoms with van der Waals surface area (Å²) in [6, 6.07) is 8.59. The number of nitrogens with one attached hydrogen (secondary N) is 1. The average Bonchev–Trinajstić information content (AvgIpc) is 3.39. The molecule has 2 fully saturated rings. The molecule has 2 atom stereocenters. The third-order valence-corrected chi connectivity index (χ3v) is 10.9. The second-order valence-corrected chi connectivity index (χ2v) is 14.0. The molecule has 13 heteroatoms. The van der Waals surface area contributed by atoms with Crippen LogP contribution >= 0.6 is 0 Å². The van der Waals surface area contributed by atoms with Gasteiger partial charge in [0.25, 0.3) is 11.5 Å². The monoisotopic (exact) mass is 682 g/mol. The summed E-state index contributed by atoms with van der Waals surface area (Å²) in [7, 11) is 1.67. The highest BCUT2D eigenvalue weighted by molar-refractivity contribution is 6.06. The lowest BCUT2D eigenvalue weighted by Gasteiger charge is -2.50. The molecule has 4 aliphatic rings. The van der Waals surface area contributed by atoms with E-state index in [1.807, 2.05) is 22.9 Å². The number of hydrogen-bond acceptors (Lipinski definition) is 9. The third-order valence-electron chi connectivity index (χ3n) is 10.9. The molecule has 1 amide bonds. The van der Waals surface area contributed by atoms with Gasteiger partial charge >= 0.3 is 0 Å². The molecule has 1 aliphatic carbocycles. The number of aliphatic hydroxyl groups excluding tert-OH is 1. The number of carbonyl (C=O) groups is 1. The van der Waals surface area contributed by atoms with Crippen LogP contribution in [0.4, 0.5) is 27.4 Å². The Bertz CT molecular complexity index is 2010. The van der Waals surface area contributed by atoms with E-state index in [1.165, 1.54) is 9.47 Å². The van der Waals surface area contributed by atoms with Crippen LogP contribution in [0, 0.1) is 5.82 Å². The molecule has 4 aromatic heterocycles. The summed E-state index contributed by atoms with van der Waals surface area (Å²) in [5.74, 6) is -0.0829. The Balaban J connectivity index is 1.05. The van der Waals surface area contributed by atoms with E-state index in [0.29, 0.717) is 71.4 Å². The number of nitrogens with zero attached hydrogens (tertiary/aromatic N) is 7. The minimum Gasteiger partial charge on any atom is -0.392 e. The number of ether oxygens (including phenoxy) is 1. The molecule has 0 bridgehead atoms. The van der Waals surface area contributed by atoms with Gasteiger partial charge in [0, 0.05) is 80.1 Å². The number of fused-ring (bicyclic) bond motifs is 3. The number of rotatable bonds is 7. The second kappa shape index (κ2) is 12.9. The van der Waals surface area contributed by atoms with Crippen LogP contribution in [0.2, 0.25) is 0 Å². The Morgan fingerprint density at radius 3 is 2.60 bits per heavy atom. The normalized spacial score (nSPS) is 21.2. The summed E-state index contributed by atoms with van der Waals surface area (Å²) >= 11 is 0. The quantitative estimate of drug-likeness (QED) is 0.300. The van der Waals surface area contributed by atoms with Crippen molar-refractivity contribution in [3.63, 3.8) is 0 Å². The minimum atomic E-state index is -0.460. The van der Waals surface area contributed by atoms with E-state index in [1.54, 1.807) is 31.6 Å². The number of aryl methyl sites for hydroxylation is 1. The number of anilines is 4. The fourth-order valence-electron chi connectivity index (χ4n) is 8.20. The molecule has 0 spiro atoms. The zero-order valence-electron chi connectivity index (χ0n) is 28.7. The molecule has 2 N–H and O–H groups in total. The van der Waals surface area contributed by atoms with Crippen molar-refractivity contribution in [2.45, 2.75) is 70.8 Å². The van der Waals surface area contributed by atoms with E-state index in [-0.39, 0.29) is 17.1 Å². The van der Waals surface area contributed by atoms with Crippen molar-refractivity contribution in [1.82, 2.24) is 24.0 Å². The van der Waals surface area contributed by atoms with Crippen LogP contribution in [-0.2, 0) is 37.8 Å². The van der Waals surface area contributed by atoms with E-state index in [4.69, 9.17) is 4.74 Å². The third kappa shape index (κ3) is 5.48. The van der Waals surface area contributed by atoms with Crippen molar-refractivity contribution in [3.8, 4) is 11.1 Å². The van der Waals surface area contributed by atoms with Gasteiger partial charge in [0.2, 0.25) is 0 Å². The predicted octanol–water partition coefficient (Wildman–Crippen LogP) is 3.86. The molecule has 2 saturated heterocycles. The van der Waals surface area contributed by atoms with Crippen molar-refractivity contribution in [2.24, 2.45) is 7.05 Å². The van der Waals surface area contributed by atoms with Gasteiger partial charge in [-0.3, -0.25) is 19.4 Å². The molecule has 0 saturated carbocycles. The smallest absolute Gasteiger partial charge is 0.279 e. The first-order chi connectivity index (χ1) is 24.2. The van der Waals surface area contributed by atoms with Crippen molar-refractivity contribution < 1.29 is 19.0 Å². The van der Waals surface area contributed by atoms with Crippen molar-refractivity contribution in [2.75, 3.05) is 48.0 Å². The maximum atomic E-state index is 15.6. The number of pyridine rings is 3. The SMILES string of the molecule is CC1CN(c2ccc(Nc3cc(-c4ccnc(N5CCn6c7c(c(F)c6C5=O)CCCC7)c4CO)cn(C)c3=O)nc2)[C@@H](C)CN1C1COC1. The molecule has 7 heterocycles. The van der Waals surface area contributed by atoms with Gasteiger partial charge in [-0.05, 0) is 69.4 Å². The van der Waals surface area contributed by atoms with E-state index < -0.39 is 18.3 Å². The van der Waals surface area contributed by atoms with Crippen LogP contribution in [0.5, 0.6) is 0 Å². The van der Waals surface area contributed by atoms with Gasteiger partial charge in [0.1, 0.15) is 23.0 Å². The van der Waals surface area contributed by atoms with Gasteiger partial charge in [-0.15, -0.1) is 0 Å². The molecule has 0 aromatic carbocycles. The summed E-state index contributed by atoms with van der Waals surface area (Å²) in [4.78, 5) is 42.7.